The molecule has 0 unspecified atom stereocenters. The van der Waals surface area contributed by atoms with E-state index in [2.05, 4.69) is 27.3 Å². The number of nitrogens with one attached hydrogen (secondary N) is 1. The molecule has 4 rings (SSSR count). The van der Waals surface area contributed by atoms with Crippen molar-refractivity contribution in [1.82, 2.24) is 10.3 Å². The van der Waals surface area contributed by atoms with Crippen LogP contribution in [0.15, 0.2) is 79.0 Å². The Morgan fingerprint density at radius 2 is 1.76 bits per heavy atom. The number of methoxy groups -OCH3 is 1. The molecule has 1 aromatic heterocycles. The predicted octanol–water partition coefficient (Wildman–Crippen LogP) is 4.47. The van der Waals surface area contributed by atoms with Gasteiger partial charge in [-0.1, -0.05) is 18.2 Å². The molecule has 0 aliphatic carbocycles. The zero-order valence-electron chi connectivity index (χ0n) is 18.8. The van der Waals surface area contributed by atoms with Crippen LogP contribution < -0.4 is 19.7 Å². The van der Waals surface area contributed by atoms with E-state index in [4.69, 9.17) is 9.47 Å². The Morgan fingerprint density at radius 1 is 1.03 bits per heavy atom. The lowest BCUT2D eigenvalue weighted by atomic mass is 10.0. The van der Waals surface area contributed by atoms with E-state index in [9.17, 15) is 4.79 Å². The first kappa shape index (κ1) is 22.4. The van der Waals surface area contributed by atoms with Gasteiger partial charge in [0.05, 0.1) is 12.8 Å². The third kappa shape index (κ3) is 6.59. The molecule has 2 aromatic carbocycles. The first-order valence-electron chi connectivity index (χ1n) is 11.2. The minimum Gasteiger partial charge on any atom is -0.497 e. The average Bonchev–Trinajstić information content (AvgIpc) is 2.88. The van der Waals surface area contributed by atoms with Crippen LogP contribution in [0.5, 0.6) is 11.5 Å². The van der Waals surface area contributed by atoms with Gasteiger partial charge in [-0.2, -0.15) is 0 Å². The smallest absolute Gasteiger partial charge is 0.244 e. The number of pyridine rings is 1. The van der Waals surface area contributed by atoms with E-state index < -0.39 is 0 Å². The summed E-state index contributed by atoms with van der Waals surface area (Å²) in [6, 6.07) is 21.7. The Labute approximate surface area is 194 Å². The average molecular weight is 444 g/mol. The van der Waals surface area contributed by atoms with Gasteiger partial charge < -0.3 is 19.7 Å². The van der Waals surface area contributed by atoms with Gasteiger partial charge in [0, 0.05) is 37.1 Å². The minimum absolute atomic E-state index is 0.0617. The van der Waals surface area contributed by atoms with Gasteiger partial charge in [-0.05, 0) is 73.0 Å². The van der Waals surface area contributed by atoms with Crippen molar-refractivity contribution in [1.29, 1.82) is 0 Å². The Kier molecular flexibility index (Phi) is 7.59. The van der Waals surface area contributed by atoms with Crippen LogP contribution in [0.2, 0.25) is 0 Å². The fourth-order valence-corrected chi connectivity index (χ4v) is 3.81. The molecular weight excluding hydrogens is 414 g/mol. The molecule has 170 valence electrons. The van der Waals surface area contributed by atoms with Crippen LogP contribution in [-0.4, -0.2) is 37.1 Å². The summed E-state index contributed by atoms with van der Waals surface area (Å²) in [5, 5.41) is 3.13. The van der Waals surface area contributed by atoms with Crippen molar-refractivity contribution in [3.8, 4) is 11.5 Å². The monoisotopic (exact) mass is 443 g/mol. The van der Waals surface area contributed by atoms with E-state index in [0.29, 0.717) is 6.61 Å². The van der Waals surface area contributed by atoms with Crippen LogP contribution in [0, 0.1) is 0 Å². The normalized spacial score (nSPS) is 14.3. The second kappa shape index (κ2) is 11.2. The number of carbonyl (C=O) groups is 1. The van der Waals surface area contributed by atoms with E-state index in [0.717, 1.165) is 48.7 Å². The number of ether oxygens (including phenoxy) is 2. The molecule has 33 heavy (non-hydrogen) atoms. The number of benzene rings is 2. The lowest BCUT2D eigenvalue weighted by Crippen LogP contribution is -2.44. The van der Waals surface area contributed by atoms with E-state index in [-0.39, 0.29) is 11.9 Å². The van der Waals surface area contributed by atoms with Gasteiger partial charge in [0.15, 0.2) is 0 Å². The molecule has 1 aliphatic heterocycles. The maximum absolute atomic E-state index is 12.4. The molecule has 0 saturated carbocycles. The van der Waals surface area contributed by atoms with Crippen LogP contribution in [0.3, 0.4) is 0 Å². The maximum Gasteiger partial charge on any atom is 0.244 e. The van der Waals surface area contributed by atoms with E-state index in [1.54, 1.807) is 19.4 Å². The third-order valence-corrected chi connectivity index (χ3v) is 5.70. The van der Waals surface area contributed by atoms with Crippen molar-refractivity contribution < 1.29 is 14.3 Å². The Morgan fingerprint density at radius 3 is 2.42 bits per heavy atom. The van der Waals surface area contributed by atoms with Crippen LogP contribution in [0.25, 0.3) is 6.08 Å². The maximum atomic E-state index is 12.4. The molecule has 1 amide bonds. The number of anilines is 1. The summed E-state index contributed by atoms with van der Waals surface area (Å²) < 4.78 is 11.0. The summed E-state index contributed by atoms with van der Waals surface area (Å²) in [6.45, 7) is 2.26. The second-order valence-electron chi connectivity index (χ2n) is 7.98. The molecule has 2 heterocycles. The summed E-state index contributed by atoms with van der Waals surface area (Å²) in [7, 11) is 1.67. The zero-order valence-corrected chi connectivity index (χ0v) is 18.8. The summed E-state index contributed by atoms with van der Waals surface area (Å²) in [6.07, 6.45) is 7.02. The highest BCUT2D eigenvalue weighted by molar-refractivity contribution is 5.91. The highest BCUT2D eigenvalue weighted by Crippen LogP contribution is 2.23. The van der Waals surface area contributed by atoms with Crippen molar-refractivity contribution in [3.05, 3.63) is 90.3 Å². The molecule has 1 saturated heterocycles. The topological polar surface area (TPSA) is 63.7 Å². The van der Waals surface area contributed by atoms with Crippen molar-refractivity contribution in [2.45, 2.75) is 25.5 Å². The number of nitrogens with zero attached hydrogens (tertiary/aromatic N) is 2. The van der Waals surface area contributed by atoms with Gasteiger partial charge >= 0.3 is 0 Å². The van der Waals surface area contributed by atoms with Gasteiger partial charge in [0.1, 0.15) is 18.1 Å². The zero-order chi connectivity index (χ0) is 22.9. The van der Waals surface area contributed by atoms with E-state index in [1.807, 2.05) is 60.7 Å². The van der Waals surface area contributed by atoms with Crippen LogP contribution in [-0.2, 0) is 11.4 Å². The molecule has 1 aliphatic rings. The third-order valence-electron chi connectivity index (χ3n) is 5.70. The first-order chi connectivity index (χ1) is 16.2. The number of carbonyl (C=O) groups excluding carboxylic acids is 1. The largest absolute Gasteiger partial charge is 0.497 e. The minimum atomic E-state index is -0.0617. The molecule has 0 bridgehead atoms. The highest BCUT2D eigenvalue weighted by atomic mass is 16.5. The standard InChI is InChI=1S/C27H29N3O3/c1-32-25-12-8-24(9-13-25)30-18-15-22(16-19-30)29-27(31)14-7-21-5-10-26(11-6-21)33-20-23-4-2-3-17-28-23/h2-14,17,22H,15-16,18-20H2,1H3,(H,29,31)/b14-7+. The molecule has 0 atom stereocenters. The number of hydrogen-bond donors (Lipinski definition) is 1. The van der Waals surface area contributed by atoms with Gasteiger partial charge in [0.2, 0.25) is 5.91 Å². The van der Waals surface area contributed by atoms with Gasteiger partial charge in [-0.15, -0.1) is 0 Å². The van der Waals surface area contributed by atoms with Gasteiger partial charge in [-0.3, -0.25) is 9.78 Å². The van der Waals surface area contributed by atoms with Crippen molar-refractivity contribution in [2.75, 3.05) is 25.1 Å². The number of aromatic nitrogens is 1. The van der Waals surface area contributed by atoms with Crippen molar-refractivity contribution in [2.24, 2.45) is 0 Å². The molecule has 0 radical (unpaired) electrons. The molecule has 3 aromatic rings. The van der Waals surface area contributed by atoms with Crippen molar-refractivity contribution >= 4 is 17.7 Å². The lowest BCUT2D eigenvalue weighted by Gasteiger charge is -2.33. The van der Waals surface area contributed by atoms with Gasteiger partial charge in [0.25, 0.3) is 0 Å². The lowest BCUT2D eigenvalue weighted by molar-refractivity contribution is -0.117. The quantitative estimate of drug-likeness (QED) is 0.521. The van der Waals surface area contributed by atoms with Crippen LogP contribution in [0.4, 0.5) is 5.69 Å². The SMILES string of the molecule is COc1ccc(N2CCC(NC(=O)/C=C/c3ccc(OCc4ccccn4)cc3)CC2)cc1. The number of amides is 1. The first-order valence-corrected chi connectivity index (χ1v) is 11.2. The summed E-state index contributed by atoms with van der Waals surface area (Å²) in [4.78, 5) is 19.0. The Bertz CT molecular complexity index is 1040. The fraction of sp³-hybridized carbons (Fsp3) is 0.259. The predicted molar refractivity (Wildman–Crippen MR) is 130 cm³/mol. The number of hydrogen-bond acceptors (Lipinski definition) is 5. The molecule has 1 N–H and O–H groups in total. The highest BCUT2D eigenvalue weighted by Gasteiger charge is 2.20. The van der Waals surface area contributed by atoms with Crippen LogP contribution in [0.1, 0.15) is 24.1 Å². The Balaban J connectivity index is 1.20. The second-order valence-corrected chi connectivity index (χ2v) is 7.98. The van der Waals surface area contributed by atoms with Crippen molar-refractivity contribution in [3.63, 3.8) is 0 Å². The molecule has 1 fully saturated rings. The molecule has 0 spiro atoms. The van der Waals surface area contributed by atoms with Gasteiger partial charge in [-0.25, -0.2) is 0 Å². The summed E-state index contributed by atoms with van der Waals surface area (Å²) in [5.41, 5.74) is 3.02. The Hall–Kier alpha value is -3.80. The fourth-order valence-electron chi connectivity index (χ4n) is 3.81. The van der Waals surface area contributed by atoms with E-state index >= 15 is 0 Å². The van der Waals surface area contributed by atoms with E-state index in [1.165, 1.54) is 5.69 Å². The molecular formula is C27H29N3O3. The summed E-state index contributed by atoms with van der Waals surface area (Å²) >= 11 is 0. The summed E-state index contributed by atoms with van der Waals surface area (Å²) in [5.74, 6) is 1.57. The number of rotatable bonds is 8. The van der Waals surface area contributed by atoms with Crippen LogP contribution >= 0.6 is 0 Å². The molecule has 6 nitrogen and oxygen atoms in total. The number of piperidine rings is 1. The molecule has 6 heteroatoms.